The smallest absolute Gasteiger partial charge is 0.267 e. The Morgan fingerprint density at radius 2 is 1.72 bits per heavy atom. The van der Waals surface area contributed by atoms with Gasteiger partial charge in [0.1, 0.15) is 5.57 Å². The zero-order chi connectivity index (χ0) is 18.2. The number of benzene rings is 2. The summed E-state index contributed by atoms with van der Waals surface area (Å²) >= 11 is 5.96. The summed E-state index contributed by atoms with van der Waals surface area (Å²) in [4.78, 5) is 24.8. The first-order valence-corrected chi connectivity index (χ1v) is 8.37. The molecule has 1 fully saturated rings. The maximum absolute atomic E-state index is 12.6. The fourth-order valence-corrected chi connectivity index (χ4v) is 2.78. The number of carbonyl (C=O) groups is 2. The standard InChI is InChI=1S/C20H19ClN2O2/c1-20(2,3)14-9-7-13(8-10-14)11-17-18(24)22-23(19(17)25)16-6-4-5-15(21)12-16/h4-12H,1-3H3,(H,22,24)/b17-11-. The molecule has 1 heterocycles. The van der Waals surface area contributed by atoms with E-state index in [-0.39, 0.29) is 11.0 Å². The molecule has 0 bridgehead atoms. The first-order valence-electron chi connectivity index (χ1n) is 7.99. The van der Waals surface area contributed by atoms with Gasteiger partial charge in [-0.1, -0.05) is 62.7 Å². The summed E-state index contributed by atoms with van der Waals surface area (Å²) in [5.74, 6) is -0.822. The highest BCUT2D eigenvalue weighted by Gasteiger charge is 2.34. The molecule has 0 radical (unpaired) electrons. The van der Waals surface area contributed by atoms with E-state index in [1.807, 2.05) is 24.3 Å². The Morgan fingerprint density at radius 3 is 2.32 bits per heavy atom. The molecule has 0 aliphatic carbocycles. The van der Waals surface area contributed by atoms with Gasteiger partial charge in [-0.3, -0.25) is 15.0 Å². The molecule has 2 aromatic carbocycles. The van der Waals surface area contributed by atoms with Crippen LogP contribution in [-0.4, -0.2) is 11.8 Å². The number of amides is 2. The largest absolute Gasteiger partial charge is 0.282 e. The van der Waals surface area contributed by atoms with Gasteiger partial charge in [0.2, 0.25) is 0 Å². The molecule has 128 valence electrons. The van der Waals surface area contributed by atoms with Crippen LogP contribution < -0.4 is 10.4 Å². The van der Waals surface area contributed by atoms with Crippen LogP contribution in [0.2, 0.25) is 5.02 Å². The maximum atomic E-state index is 12.6. The van der Waals surface area contributed by atoms with Crippen LogP contribution in [0.15, 0.2) is 54.1 Å². The molecule has 5 heteroatoms. The zero-order valence-electron chi connectivity index (χ0n) is 14.3. The highest BCUT2D eigenvalue weighted by atomic mass is 35.5. The molecule has 1 saturated heterocycles. The van der Waals surface area contributed by atoms with E-state index in [4.69, 9.17) is 11.6 Å². The van der Waals surface area contributed by atoms with Crippen LogP contribution in [0.5, 0.6) is 0 Å². The Kier molecular flexibility index (Phi) is 4.39. The molecule has 0 saturated carbocycles. The van der Waals surface area contributed by atoms with Crippen LogP contribution in [0, 0.1) is 0 Å². The number of nitrogens with zero attached hydrogens (tertiary/aromatic N) is 1. The minimum atomic E-state index is -0.426. The Labute approximate surface area is 152 Å². The van der Waals surface area contributed by atoms with Crippen LogP contribution >= 0.6 is 11.6 Å². The van der Waals surface area contributed by atoms with Gasteiger partial charge in [0.25, 0.3) is 11.8 Å². The number of rotatable bonds is 2. The molecule has 0 spiro atoms. The first-order chi connectivity index (χ1) is 11.8. The molecule has 0 unspecified atom stereocenters. The first kappa shape index (κ1) is 17.2. The van der Waals surface area contributed by atoms with E-state index in [9.17, 15) is 9.59 Å². The summed E-state index contributed by atoms with van der Waals surface area (Å²) in [6.45, 7) is 6.41. The van der Waals surface area contributed by atoms with E-state index < -0.39 is 11.8 Å². The van der Waals surface area contributed by atoms with E-state index in [0.29, 0.717) is 10.7 Å². The lowest BCUT2D eigenvalue weighted by Gasteiger charge is -2.18. The number of anilines is 1. The van der Waals surface area contributed by atoms with Crippen molar-refractivity contribution in [3.63, 3.8) is 0 Å². The van der Waals surface area contributed by atoms with Crippen LogP contribution in [0.25, 0.3) is 6.08 Å². The second-order valence-corrected chi connectivity index (χ2v) is 7.43. The number of hydrogen-bond donors (Lipinski definition) is 1. The molecule has 0 atom stereocenters. The van der Waals surface area contributed by atoms with Gasteiger partial charge in [0, 0.05) is 5.02 Å². The SMILES string of the molecule is CC(C)(C)c1ccc(/C=C2/C(=O)NN(c3cccc(Cl)c3)C2=O)cc1. The Balaban J connectivity index is 1.88. The van der Waals surface area contributed by atoms with Crippen LogP contribution in [0.4, 0.5) is 5.69 Å². The summed E-state index contributed by atoms with van der Waals surface area (Å²) < 4.78 is 0. The van der Waals surface area contributed by atoms with Gasteiger partial charge in [0.05, 0.1) is 5.69 Å². The van der Waals surface area contributed by atoms with Crippen LogP contribution in [-0.2, 0) is 15.0 Å². The van der Waals surface area contributed by atoms with Crippen molar-refractivity contribution in [2.24, 2.45) is 0 Å². The summed E-state index contributed by atoms with van der Waals surface area (Å²) in [7, 11) is 0. The van der Waals surface area contributed by atoms with Gasteiger partial charge in [-0.25, -0.2) is 5.01 Å². The molecule has 0 aromatic heterocycles. The van der Waals surface area contributed by atoms with E-state index in [2.05, 4.69) is 26.2 Å². The Morgan fingerprint density at radius 1 is 1.04 bits per heavy atom. The lowest BCUT2D eigenvalue weighted by molar-refractivity contribution is -0.117. The molecule has 3 rings (SSSR count). The van der Waals surface area contributed by atoms with Crippen molar-refractivity contribution in [1.29, 1.82) is 0 Å². The monoisotopic (exact) mass is 354 g/mol. The van der Waals surface area contributed by atoms with Gasteiger partial charge in [0.15, 0.2) is 0 Å². The summed E-state index contributed by atoms with van der Waals surface area (Å²) in [6.07, 6.45) is 1.61. The third-order valence-electron chi connectivity index (χ3n) is 4.05. The van der Waals surface area contributed by atoms with E-state index in [1.165, 1.54) is 10.6 Å². The number of hydrogen-bond acceptors (Lipinski definition) is 2. The van der Waals surface area contributed by atoms with Gasteiger partial charge in [-0.05, 0) is 40.8 Å². The zero-order valence-corrected chi connectivity index (χ0v) is 15.1. The quantitative estimate of drug-likeness (QED) is 0.652. The topological polar surface area (TPSA) is 49.4 Å². The van der Waals surface area contributed by atoms with Crippen molar-refractivity contribution in [3.05, 3.63) is 70.3 Å². The molecule has 1 N–H and O–H groups in total. The fraction of sp³-hybridized carbons (Fsp3) is 0.200. The third kappa shape index (κ3) is 3.59. The number of halogens is 1. The van der Waals surface area contributed by atoms with E-state index in [0.717, 1.165) is 5.56 Å². The van der Waals surface area contributed by atoms with Crippen molar-refractivity contribution in [2.45, 2.75) is 26.2 Å². The Hall–Kier alpha value is -2.59. The maximum Gasteiger partial charge on any atom is 0.282 e. The van der Waals surface area contributed by atoms with Gasteiger partial charge >= 0.3 is 0 Å². The summed E-state index contributed by atoms with van der Waals surface area (Å²) in [5, 5.41) is 1.71. The number of hydrazine groups is 1. The molecule has 2 amide bonds. The lowest BCUT2D eigenvalue weighted by Crippen LogP contribution is -2.35. The molecule has 4 nitrogen and oxygen atoms in total. The number of carbonyl (C=O) groups excluding carboxylic acids is 2. The third-order valence-corrected chi connectivity index (χ3v) is 4.28. The minimum absolute atomic E-state index is 0.0512. The molecular weight excluding hydrogens is 336 g/mol. The second-order valence-electron chi connectivity index (χ2n) is 6.99. The highest BCUT2D eigenvalue weighted by molar-refractivity contribution is 6.33. The highest BCUT2D eigenvalue weighted by Crippen LogP contribution is 2.25. The van der Waals surface area contributed by atoms with Crippen molar-refractivity contribution < 1.29 is 9.59 Å². The van der Waals surface area contributed by atoms with Crippen LogP contribution in [0.1, 0.15) is 31.9 Å². The van der Waals surface area contributed by atoms with Crippen LogP contribution in [0.3, 0.4) is 0 Å². The molecular formula is C20H19ClN2O2. The van der Waals surface area contributed by atoms with Crippen molar-refractivity contribution >= 4 is 35.2 Å². The molecule has 1 aliphatic rings. The minimum Gasteiger partial charge on any atom is -0.267 e. The lowest BCUT2D eigenvalue weighted by atomic mass is 9.86. The summed E-state index contributed by atoms with van der Waals surface area (Å²) in [6, 6.07) is 14.6. The van der Waals surface area contributed by atoms with Crippen molar-refractivity contribution in [1.82, 2.24) is 5.43 Å². The molecule has 25 heavy (non-hydrogen) atoms. The van der Waals surface area contributed by atoms with Gasteiger partial charge in [-0.15, -0.1) is 0 Å². The predicted octanol–water partition coefficient (Wildman–Crippen LogP) is 4.10. The predicted molar refractivity (Wildman–Crippen MR) is 100 cm³/mol. The second kappa shape index (κ2) is 6.37. The van der Waals surface area contributed by atoms with E-state index in [1.54, 1.807) is 30.3 Å². The summed E-state index contributed by atoms with van der Waals surface area (Å²) in [5.41, 5.74) is 5.25. The van der Waals surface area contributed by atoms with Gasteiger partial charge in [-0.2, -0.15) is 0 Å². The average molecular weight is 355 g/mol. The average Bonchev–Trinajstić information content (AvgIpc) is 2.83. The van der Waals surface area contributed by atoms with Gasteiger partial charge < -0.3 is 0 Å². The Bertz CT molecular complexity index is 864. The van der Waals surface area contributed by atoms with E-state index >= 15 is 0 Å². The number of nitrogens with one attached hydrogen (secondary N) is 1. The molecule has 2 aromatic rings. The van der Waals surface area contributed by atoms with Crippen molar-refractivity contribution in [2.75, 3.05) is 5.01 Å². The normalized spacial score (nSPS) is 16.5. The fourth-order valence-electron chi connectivity index (χ4n) is 2.60. The van der Waals surface area contributed by atoms with Crippen molar-refractivity contribution in [3.8, 4) is 0 Å². The molecule has 1 aliphatic heterocycles.